The molecule has 0 unspecified atom stereocenters. The molecule has 8 heteroatoms. The molecule has 0 saturated carbocycles. The first-order chi connectivity index (χ1) is 13.5. The van der Waals surface area contributed by atoms with E-state index in [2.05, 4.69) is 10.1 Å². The smallest absolute Gasteiger partial charge is 0.259 e. The zero-order valence-electron chi connectivity index (χ0n) is 15.9. The Labute approximate surface area is 162 Å². The van der Waals surface area contributed by atoms with Gasteiger partial charge < -0.3 is 13.8 Å². The highest BCUT2D eigenvalue weighted by atomic mass is 16.5. The summed E-state index contributed by atoms with van der Waals surface area (Å²) in [5.41, 5.74) is 2.51. The summed E-state index contributed by atoms with van der Waals surface area (Å²) in [6, 6.07) is 7.62. The SMILES string of the molecule is Cc1cc(-c2cc(C(=O)N(CCC#N)CCC#N)c3c(C)noc3n2)c(C)o1. The van der Waals surface area contributed by atoms with Crippen LogP contribution in [0.5, 0.6) is 0 Å². The Kier molecular flexibility index (Phi) is 5.42. The Morgan fingerprint density at radius 3 is 2.39 bits per heavy atom. The van der Waals surface area contributed by atoms with E-state index in [0.717, 1.165) is 11.3 Å². The number of carbonyl (C=O) groups is 1. The molecular formula is C20H19N5O3. The van der Waals surface area contributed by atoms with Gasteiger partial charge in [-0.15, -0.1) is 0 Å². The van der Waals surface area contributed by atoms with Crippen molar-refractivity contribution in [3.05, 3.63) is 34.9 Å². The van der Waals surface area contributed by atoms with Crippen molar-refractivity contribution < 1.29 is 13.7 Å². The number of nitrogens with zero attached hydrogens (tertiary/aromatic N) is 5. The molecule has 0 fully saturated rings. The minimum Gasteiger partial charge on any atom is -0.466 e. The Morgan fingerprint density at radius 2 is 1.82 bits per heavy atom. The van der Waals surface area contributed by atoms with Crippen molar-refractivity contribution in [2.75, 3.05) is 13.1 Å². The molecule has 0 aliphatic heterocycles. The van der Waals surface area contributed by atoms with Crippen LogP contribution in [-0.2, 0) is 0 Å². The standard InChI is InChI=1S/C20H19N5O3/c1-12-10-15(14(3)27-12)17-11-16(18-13(2)24-28-19(18)23-17)20(26)25(8-4-6-21)9-5-7-22/h10-11H,4-5,8-9H2,1-3H3. The molecule has 3 heterocycles. The van der Waals surface area contributed by atoms with Crippen molar-refractivity contribution in [3.63, 3.8) is 0 Å². The zero-order valence-corrected chi connectivity index (χ0v) is 15.9. The van der Waals surface area contributed by atoms with Gasteiger partial charge in [0, 0.05) is 18.7 Å². The second-order valence-corrected chi connectivity index (χ2v) is 6.44. The summed E-state index contributed by atoms with van der Waals surface area (Å²) in [5.74, 6) is 1.13. The van der Waals surface area contributed by atoms with Crippen molar-refractivity contribution in [3.8, 4) is 23.4 Å². The van der Waals surface area contributed by atoms with E-state index in [9.17, 15) is 4.79 Å². The van der Waals surface area contributed by atoms with E-state index in [0.29, 0.717) is 28.1 Å². The molecule has 0 radical (unpaired) electrons. The van der Waals surface area contributed by atoms with Crippen LogP contribution < -0.4 is 0 Å². The van der Waals surface area contributed by atoms with E-state index in [-0.39, 0.29) is 37.6 Å². The zero-order chi connectivity index (χ0) is 20.3. The van der Waals surface area contributed by atoms with Crippen LogP contribution in [0, 0.1) is 43.4 Å². The van der Waals surface area contributed by atoms with Crippen LogP contribution in [0.2, 0.25) is 0 Å². The summed E-state index contributed by atoms with van der Waals surface area (Å²) in [4.78, 5) is 19.3. The quantitative estimate of drug-likeness (QED) is 0.642. The molecular weight excluding hydrogens is 358 g/mol. The number of nitriles is 2. The maximum atomic E-state index is 13.3. The molecule has 3 aromatic heterocycles. The van der Waals surface area contributed by atoms with Crippen molar-refractivity contribution in [1.82, 2.24) is 15.0 Å². The fourth-order valence-corrected chi connectivity index (χ4v) is 3.14. The predicted molar refractivity (Wildman–Crippen MR) is 100 cm³/mol. The first-order valence-corrected chi connectivity index (χ1v) is 8.83. The molecule has 0 spiro atoms. The number of aromatic nitrogens is 2. The minimum absolute atomic E-state index is 0.181. The molecule has 0 aliphatic carbocycles. The average Bonchev–Trinajstić information content (AvgIpc) is 3.22. The molecule has 0 N–H and O–H groups in total. The number of furan rings is 1. The van der Waals surface area contributed by atoms with Crippen molar-refractivity contribution in [2.45, 2.75) is 33.6 Å². The highest BCUT2D eigenvalue weighted by Gasteiger charge is 2.24. The monoisotopic (exact) mass is 377 g/mol. The fraction of sp³-hybridized carbons (Fsp3) is 0.350. The maximum Gasteiger partial charge on any atom is 0.259 e. The Hall–Kier alpha value is -3.65. The molecule has 0 bridgehead atoms. The summed E-state index contributed by atoms with van der Waals surface area (Å²) in [7, 11) is 0. The molecule has 1 amide bonds. The van der Waals surface area contributed by atoms with Gasteiger partial charge in [0.1, 0.15) is 11.5 Å². The predicted octanol–water partition coefficient (Wildman–Crippen LogP) is 3.68. The lowest BCUT2D eigenvalue weighted by atomic mass is 10.0. The summed E-state index contributed by atoms with van der Waals surface area (Å²) >= 11 is 0. The highest BCUT2D eigenvalue weighted by molar-refractivity contribution is 6.07. The normalized spacial score (nSPS) is 10.6. The van der Waals surface area contributed by atoms with E-state index in [1.54, 1.807) is 13.0 Å². The van der Waals surface area contributed by atoms with Gasteiger partial charge in [-0.25, -0.2) is 4.98 Å². The summed E-state index contributed by atoms with van der Waals surface area (Å²) in [5, 5.41) is 22.3. The third kappa shape index (κ3) is 3.58. The van der Waals surface area contributed by atoms with Gasteiger partial charge in [0.05, 0.1) is 47.3 Å². The number of rotatable bonds is 6. The molecule has 28 heavy (non-hydrogen) atoms. The molecule has 142 valence electrons. The third-order valence-corrected chi connectivity index (χ3v) is 4.44. The molecule has 3 aromatic rings. The van der Waals surface area contributed by atoms with Gasteiger partial charge in [0.15, 0.2) is 0 Å². The fourth-order valence-electron chi connectivity index (χ4n) is 3.14. The number of carbonyl (C=O) groups excluding carboxylic acids is 1. The van der Waals surface area contributed by atoms with Crippen molar-refractivity contribution >= 4 is 17.0 Å². The Balaban J connectivity index is 2.13. The van der Waals surface area contributed by atoms with Gasteiger partial charge in [0.2, 0.25) is 0 Å². The van der Waals surface area contributed by atoms with E-state index in [4.69, 9.17) is 19.5 Å². The summed E-state index contributed by atoms with van der Waals surface area (Å²) < 4.78 is 10.9. The van der Waals surface area contributed by atoms with Gasteiger partial charge in [-0.1, -0.05) is 5.16 Å². The molecule has 0 aliphatic rings. The van der Waals surface area contributed by atoms with Crippen LogP contribution in [-0.4, -0.2) is 34.0 Å². The number of hydrogen-bond donors (Lipinski definition) is 0. The van der Waals surface area contributed by atoms with Crippen LogP contribution in [0.1, 0.15) is 40.4 Å². The van der Waals surface area contributed by atoms with Crippen molar-refractivity contribution in [2.24, 2.45) is 0 Å². The first-order valence-electron chi connectivity index (χ1n) is 8.83. The molecule has 8 nitrogen and oxygen atoms in total. The van der Waals surface area contributed by atoms with E-state index in [1.807, 2.05) is 32.1 Å². The number of aryl methyl sites for hydroxylation is 3. The lowest BCUT2D eigenvalue weighted by Crippen LogP contribution is -2.33. The number of amides is 1. The molecule has 0 saturated heterocycles. The maximum absolute atomic E-state index is 13.3. The Morgan fingerprint density at radius 1 is 1.14 bits per heavy atom. The van der Waals surface area contributed by atoms with Gasteiger partial charge in [-0.3, -0.25) is 4.79 Å². The van der Waals surface area contributed by atoms with E-state index >= 15 is 0 Å². The third-order valence-electron chi connectivity index (χ3n) is 4.44. The van der Waals surface area contributed by atoms with Crippen LogP contribution in [0.15, 0.2) is 21.1 Å². The second-order valence-electron chi connectivity index (χ2n) is 6.44. The van der Waals surface area contributed by atoms with Crippen LogP contribution in [0.25, 0.3) is 22.4 Å². The number of hydrogen-bond acceptors (Lipinski definition) is 7. The lowest BCUT2D eigenvalue weighted by Gasteiger charge is -2.21. The molecule has 0 atom stereocenters. The first kappa shape index (κ1) is 19.1. The van der Waals surface area contributed by atoms with Gasteiger partial charge in [0.25, 0.3) is 11.6 Å². The van der Waals surface area contributed by atoms with E-state index < -0.39 is 0 Å². The van der Waals surface area contributed by atoms with E-state index in [1.165, 1.54) is 4.90 Å². The Bertz CT molecular complexity index is 1100. The number of fused-ring (bicyclic) bond motifs is 1. The van der Waals surface area contributed by atoms with Gasteiger partial charge >= 0.3 is 0 Å². The summed E-state index contributed by atoms with van der Waals surface area (Å²) in [6.07, 6.45) is 0.363. The average molecular weight is 377 g/mol. The minimum atomic E-state index is -0.289. The van der Waals surface area contributed by atoms with Crippen LogP contribution >= 0.6 is 0 Å². The topological polar surface area (TPSA) is 120 Å². The van der Waals surface area contributed by atoms with Gasteiger partial charge in [-0.2, -0.15) is 10.5 Å². The van der Waals surface area contributed by atoms with Gasteiger partial charge in [-0.05, 0) is 32.9 Å². The largest absolute Gasteiger partial charge is 0.466 e. The van der Waals surface area contributed by atoms with Crippen LogP contribution in [0.4, 0.5) is 0 Å². The number of pyridine rings is 1. The second kappa shape index (κ2) is 7.93. The lowest BCUT2D eigenvalue weighted by molar-refractivity contribution is 0.0764. The molecule has 0 aromatic carbocycles. The highest BCUT2D eigenvalue weighted by Crippen LogP contribution is 2.31. The van der Waals surface area contributed by atoms with Crippen LogP contribution in [0.3, 0.4) is 0 Å². The molecule has 3 rings (SSSR count). The van der Waals surface area contributed by atoms with Crippen molar-refractivity contribution in [1.29, 1.82) is 10.5 Å². The summed E-state index contributed by atoms with van der Waals surface area (Å²) in [6.45, 7) is 5.89.